The third kappa shape index (κ3) is 5.40. The van der Waals surface area contributed by atoms with Crippen LogP contribution in [0.4, 0.5) is 0 Å². The lowest BCUT2D eigenvalue weighted by molar-refractivity contribution is -0.00878. The van der Waals surface area contributed by atoms with Crippen LogP contribution in [0.15, 0.2) is 18.2 Å². The molecule has 2 nitrogen and oxygen atoms in total. The Morgan fingerprint density at radius 1 is 0.818 bits per heavy atom. The number of ether oxygens (including phenoxy) is 2. The van der Waals surface area contributed by atoms with E-state index < -0.39 is 8.07 Å². The average molecular weight is 471 g/mol. The number of benzene rings is 1. The number of hydrogen-bond donors (Lipinski definition) is 0. The van der Waals surface area contributed by atoms with Crippen LogP contribution in [0.5, 0.6) is 5.75 Å². The summed E-state index contributed by atoms with van der Waals surface area (Å²) in [5.41, 5.74) is 1.95. The molecule has 4 bridgehead atoms. The number of rotatable bonds is 14. The molecule has 0 atom stereocenters. The smallest absolute Gasteiger partial charge is 0.188 e. The summed E-state index contributed by atoms with van der Waals surface area (Å²) in [6.07, 6.45) is 16.9. The first-order valence-corrected chi connectivity index (χ1v) is 17.0. The molecule has 1 aromatic rings. The van der Waals surface area contributed by atoms with Crippen molar-refractivity contribution in [2.24, 2.45) is 17.8 Å². The van der Waals surface area contributed by atoms with E-state index in [-0.39, 0.29) is 0 Å². The molecule has 0 radical (unpaired) electrons. The van der Waals surface area contributed by atoms with Gasteiger partial charge in [0.2, 0.25) is 0 Å². The summed E-state index contributed by atoms with van der Waals surface area (Å²) in [6, 6.07) is 12.0. The molecule has 5 rings (SSSR count). The Hall–Kier alpha value is -0.803. The topological polar surface area (TPSA) is 18.5 Å². The van der Waals surface area contributed by atoms with Crippen LogP contribution in [0, 0.1) is 17.8 Å². The Labute approximate surface area is 205 Å². The van der Waals surface area contributed by atoms with Gasteiger partial charge in [0.1, 0.15) is 5.75 Å². The summed E-state index contributed by atoms with van der Waals surface area (Å²) < 4.78 is 11.6. The van der Waals surface area contributed by atoms with E-state index >= 15 is 0 Å². The molecule has 1 aromatic carbocycles. The molecule has 0 heterocycles. The zero-order chi connectivity index (χ0) is 23.3. The van der Waals surface area contributed by atoms with Crippen molar-refractivity contribution in [1.82, 2.24) is 0 Å². The van der Waals surface area contributed by atoms with E-state index in [9.17, 15) is 0 Å². The predicted octanol–water partition coefficient (Wildman–Crippen LogP) is 8.19. The maximum absolute atomic E-state index is 6.28. The molecule has 4 fully saturated rings. The lowest BCUT2D eigenvalue weighted by atomic mass is 9.48. The van der Waals surface area contributed by atoms with Gasteiger partial charge < -0.3 is 9.47 Å². The van der Waals surface area contributed by atoms with Crippen LogP contribution in [0.1, 0.15) is 103 Å². The van der Waals surface area contributed by atoms with Crippen LogP contribution in [0.25, 0.3) is 0 Å². The Bertz CT molecular complexity index is 701. The van der Waals surface area contributed by atoms with E-state index in [0.29, 0.717) is 12.2 Å². The number of unbranched alkanes of at least 4 members (excludes halogenated alkanes) is 3. The highest BCUT2D eigenvalue weighted by Crippen LogP contribution is 2.61. The van der Waals surface area contributed by atoms with E-state index in [1.54, 1.807) is 17.9 Å². The van der Waals surface area contributed by atoms with Gasteiger partial charge in [0, 0.05) is 12.7 Å². The van der Waals surface area contributed by atoms with Gasteiger partial charge in [-0.1, -0.05) is 94.7 Å². The van der Waals surface area contributed by atoms with Crippen LogP contribution in [-0.4, -0.2) is 22.0 Å². The molecule has 0 aliphatic heterocycles. The van der Waals surface area contributed by atoms with E-state index in [4.69, 9.17) is 9.47 Å². The van der Waals surface area contributed by atoms with Crippen molar-refractivity contribution in [3.8, 4) is 5.75 Å². The van der Waals surface area contributed by atoms with Crippen molar-refractivity contribution in [2.75, 3.05) is 13.9 Å². The normalized spacial score (nSPS) is 28.4. The molecule has 0 amide bonds. The Morgan fingerprint density at radius 2 is 1.33 bits per heavy atom. The number of methoxy groups -OCH3 is 1. The molecule has 0 N–H and O–H groups in total. The second kappa shape index (κ2) is 11.3. The standard InChI is InChI=1S/C30H50O2Si/c1-5-8-13-33(14-9-6-2,15-10-7-3)27-11-12-29(32-23-31-4)28(19-27)30-20-24-16-25(21-30)18-26(17-24)22-30/h11-12,19,24-26H,5-10,13-18,20-23H2,1-4H3. The highest BCUT2D eigenvalue weighted by Gasteiger charge is 2.52. The SMILES string of the molecule is CCCC[Si](CCCC)(CCCC)c1ccc(OCOC)c(C23CC4CC(CC(C4)C2)C3)c1. The minimum Gasteiger partial charge on any atom is -0.467 e. The van der Waals surface area contributed by atoms with E-state index in [1.165, 1.54) is 95.2 Å². The fraction of sp³-hybridized carbons (Fsp3) is 0.800. The van der Waals surface area contributed by atoms with Crippen LogP contribution >= 0.6 is 0 Å². The van der Waals surface area contributed by atoms with E-state index in [2.05, 4.69) is 39.0 Å². The monoisotopic (exact) mass is 470 g/mol. The Kier molecular flexibility index (Phi) is 8.65. The van der Waals surface area contributed by atoms with Gasteiger partial charge in [-0.3, -0.25) is 0 Å². The second-order valence-electron chi connectivity index (χ2n) is 12.1. The zero-order valence-electron chi connectivity index (χ0n) is 22.1. The van der Waals surface area contributed by atoms with E-state index in [1.807, 2.05) is 0 Å². The van der Waals surface area contributed by atoms with Crippen molar-refractivity contribution in [2.45, 2.75) is 121 Å². The highest BCUT2D eigenvalue weighted by atomic mass is 28.3. The third-order valence-corrected chi connectivity index (χ3v) is 15.0. The van der Waals surface area contributed by atoms with Gasteiger partial charge in [-0.05, 0) is 67.8 Å². The van der Waals surface area contributed by atoms with Gasteiger partial charge in [0.25, 0.3) is 0 Å². The lowest BCUT2D eigenvalue weighted by Gasteiger charge is -2.57. The van der Waals surface area contributed by atoms with Crippen molar-refractivity contribution >= 4 is 13.3 Å². The first-order valence-electron chi connectivity index (χ1n) is 14.3. The minimum absolute atomic E-state index is 0.364. The first kappa shape index (κ1) is 25.3. The van der Waals surface area contributed by atoms with Crippen LogP contribution in [-0.2, 0) is 10.2 Å². The zero-order valence-corrected chi connectivity index (χ0v) is 23.1. The van der Waals surface area contributed by atoms with Gasteiger partial charge >= 0.3 is 0 Å². The van der Waals surface area contributed by atoms with Crippen molar-refractivity contribution < 1.29 is 9.47 Å². The van der Waals surface area contributed by atoms with E-state index in [0.717, 1.165) is 23.5 Å². The molecule has 4 saturated carbocycles. The Balaban J connectivity index is 1.76. The quantitative estimate of drug-likeness (QED) is 0.201. The molecule has 4 aliphatic rings. The van der Waals surface area contributed by atoms with Gasteiger partial charge in [0.15, 0.2) is 6.79 Å². The fourth-order valence-electron chi connectivity index (χ4n) is 8.32. The lowest BCUT2D eigenvalue weighted by Crippen LogP contribution is -2.51. The largest absolute Gasteiger partial charge is 0.467 e. The summed E-state index contributed by atoms with van der Waals surface area (Å²) in [4.78, 5) is 0. The maximum atomic E-state index is 6.28. The molecule has 0 spiro atoms. The highest BCUT2D eigenvalue weighted by molar-refractivity contribution is 6.91. The second-order valence-corrected chi connectivity index (χ2v) is 16.7. The predicted molar refractivity (Wildman–Crippen MR) is 143 cm³/mol. The van der Waals surface area contributed by atoms with Gasteiger partial charge in [-0.25, -0.2) is 0 Å². The van der Waals surface area contributed by atoms with Gasteiger partial charge in [-0.2, -0.15) is 0 Å². The molecular weight excluding hydrogens is 420 g/mol. The Morgan fingerprint density at radius 3 is 1.79 bits per heavy atom. The fourth-order valence-corrected chi connectivity index (χ4v) is 13.9. The summed E-state index contributed by atoms with van der Waals surface area (Å²) in [6.45, 7) is 7.49. The molecule has 33 heavy (non-hydrogen) atoms. The molecule has 0 aromatic heterocycles. The van der Waals surface area contributed by atoms with Gasteiger partial charge in [-0.15, -0.1) is 0 Å². The molecule has 4 aliphatic carbocycles. The summed E-state index contributed by atoms with van der Waals surface area (Å²) in [7, 11) is 0.226. The molecule has 0 unspecified atom stereocenters. The molecular formula is C30H50O2Si. The number of hydrogen-bond acceptors (Lipinski definition) is 2. The van der Waals surface area contributed by atoms with Crippen LogP contribution < -0.4 is 9.92 Å². The van der Waals surface area contributed by atoms with Crippen LogP contribution in [0.3, 0.4) is 0 Å². The van der Waals surface area contributed by atoms with Crippen LogP contribution in [0.2, 0.25) is 18.1 Å². The summed E-state index contributed by atoms with van der Waals surface area (Å²) >= 11 is 0. The summed E-state index contributed by atoms with van der Waals surface area (Å²) in [5.74, 6) is 4.00. The molecule has 3 heteroatoms. The van der Waals surface area contributed by atoms with Crippen molar-refractivity contribution in [3.63, 3.8) is 0 Å². The summed E-state index contributed by atoms with van der Waals surface area (Å²) in [5, 5.41) is 1.76. The first-order chi connectivity index (χ1) is 16.1. The molecule has 186 valence electrons. The van der Waals surface area contributed by atoms with Crippen molar-refractivity contribution in [1.29, 1.82) is 0 Å². The van der Waals surface area contributed by atoms with Crippen molar-refractivity contribution in [3.05, 3.63) is 23.8 Å². The average Bonchev–Trinajstić information content (AvgIpc) is 2.81. The minimum atomic E-state index is -1.52. The van der Waals surface area contributed by atoms with Gasteiger partial charge in [0.05, 0.1) is 8.07 Å². The third-order valence-electron chi connectivity index (χ3n) is 9.56. The maximum Gasteiger partial charge on any atom is 0.188 e. The molecule has 0 saturated heterocycles.